The molecule has 3 nitrogen and oxygen atoms in total. The Morgan fingerprint density at radius 2 is 2.07 bits per heavy atom. The Labute approximate surface area is 87.8 Å². The molecule has 0 spiro atoms. The molecule has 72 valence electrons. The Morgan fingerprint density at radius 1 is 1.36 bits per heavy atom. The Balaban J connectivity index is 2.42. The molecular formula is C10H10ClN3. The molecule has 0 saturated heterocycles. The number of halogens is 1. The summed E-state index contributed by atoms with van der Waals surface area (Å²) in [7, 11) is 0. The lowest BCUT2D eigenvalue weighted by molar-refractivity contribution is 0.691. The van der Waals surface area contributed by atoms with Crippen LogP contribution in [0.15, 0.2) is 6.33 Å². The van der Waals surface area contributed by atoms with Gasteiger partial charge >= 0.3 is 0 Å². The van der Waals surface area contributed by atoms with E-state index >= 15 is 0 Å². The van der Waals surface area contributed by atoms with Crippen LogP contribution in [0.5, 0.6) is 0 Å². The summed E-state index contributed by atoms with van der Waals surface area (Å²) >= 11 is 5.83. The smallest absolute Gasteiger partial charge is 0.150 e. The van der Waals surface area contributed by atoms with Gasteiger partial charge in [0, 0.05) is 5.92 Å². The van der Waals surface area contributed by atoms with E-state index in [1.165, 1.54) is 19.2 Å². The van der Waals surface area contributed by atoms with Crippen LogP contribution in [0.1, 0.15) is 42.9 Å². The highest BCUT2D eigenvalue weighted by Crippen LogP contribution is 2.35. The highest BCUT2D eigenvalue weighted by atomic mass is 35.5. The quantitative estimate of drug-likeness (QED) is 0.666. The van der Waals surface area contributed by atoms with E-state index in [2.05, 4.69) is 16.0 Å². The average Bonchev–Trinajstić information content (AvgIpc) is 2.70. The molecular weight excluding hydrogens is 198 g/mol. The lowest BCUT2D eigenvalue weighted by Crippen LogP contribution is -2.02. The van der Waals surface area contributed by atoms with Crippen LogP contribution in [0.4, 0.5) is 0 Å². The summed E-state index contributed by atoms with van der Waals surface area (Å²) in [5.74, 6) is 0.408. The van der Waals surface area contributed by atoms with E-state index in [9.17, 15) is 0 Å². The summed E-state index contributed by atoms with van der Waals surface area (Å²) in [4.78, 5) is 7.99. The van der Waals surface area contributed by atoms with Crippen molar-refractivity contribution in [3.8, 4) is 6.07 Å². The van der Waals surface area contributed by atoms with Gasteiger partial charge in [-0.2, -0.15) is 5.26 Å². The highest BCUT2D eigenvalue weighted by Gasteiger charge is 2.22. The molecule has 1 saturated carbocycles. The minimum absolute atomic E-state index is 0.282. The number of nitrogens with zero attached hydrogens (tertiary/aromatic N) is 3. The lowest BCUT2D eigenvalue weighted by atomic mass is 10.0. The molecule has 0 unspecified atom stereocenters. The highest BCUT2D eigenvalue weighted by molar-refractivity contribution is 6.30. The lowest BCUT2D eigenvalue weighted by Gasteiger charge is -2.09. The number of hydrogen-bond acceptors (Lipinski definition) is 3. The molecule has 1 aromatic heterocycles. The molecule has 0 aliphatic heterocycles. The summed E-state index contributed by atoms with van der Waals surface area (Å²) in [5, 5.41) is 9.23. The van der Waals surface area contributed by atoms with Gasteiger partial charge in [0.05, 0.1) is 5.69 Å². The van der Waals surface area contributed by atoms with E-state index in [-0.39, 0.29) is 5.15 Å². The SMILES string of the molecule is N#Cc1c(Cl)ncnc1C1CCCC1. The first-order valence-corrected chi connectivity index (χ1v) is 5.11. The van der Waals surface area contributed by atoms with Gasteiger partial charge in [0.2, 0.25) is 0 Å². The fraction of sp³-hybridized carbons (Fsp3) is 0.500. The average molecular weight is 208 g/mol. The van der Waals surface area contributed by atoms with Crippen LogP contribution in [-0.4, -0.2) is 9.97 Å². The predicted molar refractivity (Wildman–Crippen MR) is 53.0 cm³/mol. The molecule has 0 amide bonds. The van der Waals surface area contributed by atoms with Crippen LogP contribution in [-0.2, 0) is 0 Å². The molecule has 0 aromatic carbocycles. The van der Waals surface area contributed by atoms with Crippen molar-refractivity contribution in [2.75, 3.05) is 0 Å². The third-order valence-corrected chi connectivity index (χ3v) is 2.97. The standard InChI is InChI=1S/C10H10ClN3/c11-10-8(5-12)9(13-6-14-10)7-3-1-2-4-7/h6-7H,1-4H2. The second-order valence-electron chi connectivity index (χ2n) is 3.52. The van der Waals surface area contributed by atoms with Gasteiger partial charge in [-0.05, 0) is 12.8 Å². The minimum atomic E-state index is 0.282. The molecule has 0 N–H and O–H groups in total. The van der Waals surface area contributed by atoms with Gasteiger partial charge in [0.1, 0.15) is 23.1 Å². The van der Waals surface area contributed by atoms with Gasteiger partial charge < -0.3 is 0 Å². The zero-order chi connectivity index (χ0) is 9.97. The van der Waals surface area contributed by atoms with E-state index in [1.807, 2.05) is 0 Å². The zero-order valence-electron chi connectivity index (χ0n) is 7.70. The van der Waals surface area contributed by atoms with Crippen LogP contribution in [0.3, 0.4) is 0 Å². The van der Waals surface area contributed by atoms with Crippen molar-refractivity contribution in [1.82, 2.24) is 9.97 Å². The molecule has 14 heavy (non-hydrogen) atoms. The molecule has 0 atom stereocenters. The van der Waals surface area contributed by atoms with E-state index < -0.39 is 0 Å². The first kappa shape index (κ1) is 9.42. The molecule has 0 radical (unpaired) electrons. The van der Waals surface area contributed by atoms with Gasteiger partial charge in [-0.25, -0.2) is 9.97 Å². The van der Waals surface area contributed by atoms with Gasteiger partial charge in [-0.3, -0.25) is 0 Å². The molecule has 4 heteroatoms. The summed E-state index contributed by atoms with van der Waals surface area (Å²) in [6.07, 6.45) is 6.11. The normalized spacial score (nSPS) is 16.9. The third-order valence-electron chi connectivity index (χ3n) is 2.68. The number of rotatable bonds is 1. The van der Waals surface area contributed by atoms with E-state index in [0.29, 0.717) is 11.5 Å². The van der Waals surface area contributed by atoms with Gasteiger partial charge in [0.15, 0.2) is 0 Å². The largest absolute Gasteiger partial charge is 0.240 e. The third kappa shape index (κ3) is 1.58. The Kier molecular flexibility index (Phi) is 2.64. The van der Waals surface area contributed by atoms with E-state index in [4.69, 9.17) is 16.9 Å². The fourth-order valence-corrected chi connectivity index (χ4v) is 2.17. The van der Waals surface area contributed by atoms with Crippen LogP contribution in [0.2, 0.25) is 5.15 Å². The number of aromatic nitrogens is 2. The van der Waals surface area contributed by atoms with Crippen LogP contribution in [0.25, 0.3) is 0 Å². The van der Waals surface area contributed by atoms with Gasteiger partial charge in [-0.1, -0.05) is 24.4 Å². The Morgan fingerprint density at radius 3 is 2.71 bits per heavy atom. The summed E-state index contributed by atoms with van der Waals surface area (Å²) in [6, 6.07) is 2.08. The second-order valence-corrected chi connectivity index (χ2v) is 3.88. The maximum absolute atomic E-state index is 8.95. The van der Waals surface area contributed by atoms with Crippen LogP contribution in [0, 0.1) is 11.3 Å². The van der Waals surface area contributed by atoms with Gasteiger partial charge in [-0.15, -0.1) is 0 Å². The van der Waals surface area contributed by atoms with Crippen molar-refractivity contribution in [3.05, 3.63) is 22.7 Å². The van der Waals surface area contributed by atoms with Crippen molar-refractivity contribution in [1.29, 1.82) is 5.26 Å². The molecule has 1 aliphatic carbocycles. The van der Waals surface area contributed by atoms with Crippen LogP contribution >= 0.6 is 11.6 Å². The number of hydrogen-bond donors (Lipinski definition) is 0. The molecule has 1 aromatic rings. The fourth-order valence-electron chi connectivity index (χ4n) is 1.99. The van der Waals surface area contributed by atoms with Gasteiger partial charge in [0.25, 0.3) is 0 Å². The first-order valence-electron chi connectivity index (χ1n) is 4.73. The maximum atomic E-state index is 8.95. The first-order chi connectivity index (χ1) is 6.83. The monoisotopic (exact) mass is 207 g/mol. The molecule has 1 aliphatic rings. The van der Waals surface area contributed by atoms with Crippen molar-refractivity contribution in [2.45, 2.75) is 31.6 Å². The van der Waals surface area contributed by atoms with Crippen molar-refractivity contribution in [2.24, 2.45) is 0 Å². The Hall–Kier alpha value is -1.14. The van der Waals surface area contributed by atoms with E-state index in [1.54, 1.807) is 0 Å². The Bertz CT molecular complexity index is 377. The van der Waals surface area contributed by atoms with Crippen molar-refractivity contribution < 1.29 is 0 Å². The van der Waals surface area contributed by atoms with Crippen molar-refractivity contribution in [3.63, 3.8) is 0 Å². The summed E-state index contributed by atoms with van der Waals surface area (Å²) in [5.41, 5.74) is 1.30. The molecule has 1 heterocycles. The maximum Gasteiger partial charge on any atom is 0.150 e. The molecule has 1 fully saturated rings. The van der Waals surface area contributed by atoms with Crippen LogP contribution < -0.4 is 0 Å². The topological polar surface area (TPSA) is 49.6 Å². The van der Waals surface area contributed by atoms with Crippen molar-refractivity contribution >= 4 is 11.6 Å². The molecule has 2 rings (SSSR count). The summed E-state index contributed by atoms with van der Waals surface area (Å²) < 4.78 is 0. The molecule has 0 bridgehead atoms. The zero-order valence-corrected chi connectivity index (χ0v) is 8.46. The predicted octanol–water partition coefficient (Wildman–Crippen LogP) is 2.66. The second kappa shape index (κ2) is 3.93. The minimum Gasteiger partial charge on any atom is -0.240 e. The summed E-state index contributed by atoms with van der Waals surface area (Å²) in [6.45, 7) is 0. The number of nitriles is 1. The van der Waals surface area contributed by atoms with E-state index in [0.717, 1.165) is 18.5 Å².